The summed E-state index contributed by atoms with van der Waals surface area (Å²) in [5.41, 5.74) is 0. The number of sulfonamides is 1. The zero-order chi connectivity index (χ0) is 14.8. The Hall–Kier alpha value is -1.61. The molecule has 0 heterocycles. The molecule has 5 nitrogen and oxygen atoms in total. The minimum Gasteiger partial charge on any atom is -0.480 e. The molecule has 19 heavy (non-hydrogen) atoms. The summed E-state index contributed by atoms with van der Waals surface area (Å²) in [4.78, 5) is 9.28. The van der Waals surface area contributed by atoms with E-state index in [1.807, 2.05) is 0 Å². The number of carboxylic acid groups (broad SMARTS) is 1. The molecule has 1 atom stereocenters. The van der Waals surface area contributed by atoms with Crippen LogP contribution in [0.3, 0.4) is 0 Å². The van der Waals surface area contributed by atoms with Crippen LogP contribution >= 0.6 is 0 Å². The summed E-state index contributed by atoms with van der Waals surface area (Å²) in [6, 6.07) is -1.15. The Kier molecular flexibility index (Phi) is 4.53. The lowest BCUT2D eigenvalue weighted by Gasteiger charge is -2.13. The van der Waals surface area contributed by atoms with E-state index in [2.05, 4.69) is 0 Å². The first-order valence-corrected chi connectivity index (χ1v) is 6.57. The topological polar surface area (TPSA) is 83.5 Å². The van der Waals surface area contributed by atoms with Crippen LogP contribution in [0.1, 0.15) is 13.3 Å². The first-order chi connectivity index (χ1) is 8.69. The van der Waals surface area contributed by atoms with Crippen molar-refractivity contribution in [3.63, 3.8) is 0 Å². The van der Waals surface area contributed by atoms with Crippen molar-refractivity contribution in [1.82, 2.24) is 4.72 Å². The maximum Gasteiger partial charge on any atom is 0.321 e. The highest BCUT2D eigenvalue weighted by Crippen LogP contribution is 2.20. The molecule has 0 amide bonds. The highest BCUT2D eigenvalue weighted by molar-refractivity contribution is 7.89. The Labute approximate surface area is 107 Å². The van der Waals surface area contributed by atoms with Gasteiger partial charge in [0.05, 0.1) is 0 Å². The number of carbonyl (C=O) groups is 1. The summed E-state index contributed by atoms with van der Waals surface area (Å²) in [5, 5.41) is 8.69. The van der Waals surface area contributed by atoms with Gasteiger partial charge in [-0.1, -0.05) is 6.92 Å². The van der Waals surface area contributed by atoms with Gasteiger partial charge >= 0.3 is 5.97 Å². The van der Waals surface area contributed by atoms with Gasteiger partial charge in [0.25, 0.3) is 0 Å². The van der Waals surface area contributed by atoms with Crippen LogP contribution in [0.25, 0.3) is 0 Å². The van der Waals surface area contributed by atoms with Crippen LogP contribution in [0.5, 0.6) is 0 Å². The van der Waals surface area contributed by atoms with Gasteiger partial charge in [-0.05, 0) is 6.42 Å². The number of nitrogens with one attached hydrogen (secondary N) is 1. The van der Waals surface area contributed by atoms with Crippen molar-refractivity contribution in [2.24, 2.45) is 0 Å². The molecule has 106 valence electrons. The van der Waals surface area contributed by atoms with Crippen LogP contribution in [0, 0.1) is 17.5 Å². The van der Waals surface area contributed by atoms with Gasteiger partial charge in [-0.2, -0.15) is 4.72 Å². The molecule has 0 aromatic heterocycles. The van der Waals surface area contributed by atoms with E-state index in [-0.39, 0.29) is 18.6 Å². The van der Waals surface area contributed by atoms with Crippen molar-refractivity contribution < 1.29 is 31.5 Å². The zero-order valence-corrected chi connectivity index (χ0v) is 10.5. The van der Waals surface area contributed by atoms with Gasteiger partial charge in [0.2, 0.25) is 10.0 Å². The van der Waals surface area contributed by atoms with Crippen molar-refractivity contribution >= 4 is 16.0 Å². The second-order valence-corrected chi connectivity index (χ2v) is 5.27. The Morgan fingerprint density at radius 3 is 2.16 bits per heavy atom. The monoisotopic (exact) mass is 297 g/mol. The molecule has 1 aromatic rings. The van der Waals surface area contributed by atoms with E-state index < -0.39 is 44.4 Å². The van der Waals surface area contributed by atoms with Crippen molar-refractivity contribution in [3.8, 4) is 0 Å². The molecule has 0 spiro atoms. The van der Waals surface area contributed by atoms with E-state index in [1.54, 1.807) is 4.72 Å². The van der Waals surface area contributed by atoms with Gasteiger partial charge in [0.15, 0.2) is 4.90 Å². The highest BCUT2D eigenvalue weighted by Gasteiger charge is 2.29. The number of benzene rings is 1. The lowest BCUT2D eigenvalue weighted by Crippen LogP contribution is -2.40. The largest absolute Gasteiger partial charge is 0.480 e. The minimum absolute atomic E-state index is 0.126. The molecule has 0 aliphatic carbocycles. The molecule has 0 bridgehead atoms. The van der Waals surface area contributed by atoms with Crippen molar-refractivity contribution in [1.29, 1.82) is 0 Å². The van der Waals surface area contributed by atoms with Crippen LogP contribution in [-0.4, -0.2) is 25.5 Å². The summed E-state index contributed by atoms with van der Waals surface area (Å²) in [5.74, 6) is -6.04. The average molecular weight is 297 g/mol. The summed E-state index contributed by atoms with van der Waals surface area (Å²) in [7, 11) is -4.74. The zero-order valence-electron chi connectivity index (χ0n) is 9.65. The lowest BCUT2D eigenvalue weighted by atomic mass is 10.2. The Morgan fingerprint density at radius 2 is 1.79 bits per heavy atom. The minimum atomic E-state index is -4.74. The molecule has 0 unspecified atom stereocenters. The molecule has 0 saturated carbocycles. The summed E-state index contributed by atoms with van der Waals surface area (Å²) in [6.45, 7) is 1.37. The first kappa shape index (κ1) is 15.4. The maximum absolute atomic E-state index is 13.3. The van der Waals surface area contributed by atoms with E-state index in [9.17, 15) is 26.4 Å². The summed E-state index contributed by atoms with van der Waals surface area (Å²) in [6.07, 6.45) is -0.126. The van der Waals surface area contributed by atoms with Gasteiger partial charge in [-0.3, -0.25) is 4.79 Å². The fourth-order valence-corrected chi connectivity index (χ4v) is 2.73. The molecule has 0 saturated heterocycles. The Balaban J connectivity index is 3.25. The molecule has 0 aliphatic rings. The Morgan fingerprint density at radius 1 is 1.32 bits per heavy atom. The molecule has 9 heteroatoms. The molecule has 0 radical (unpaired) electrons. The Bertz CT molecular complexity index is 580. The predicted octanol–water partition coefficient (Wildman–Crippen LogP) is 1.25. The van der Waals surface area contributed by atoms with Gasteiger partial charge in [0, 0.05) is 12.1 Å². The van der Waals surface area contributed by atoms with E-state index >= 15 is 0 Å². The number of rotatable bonds is 5. The smallest absolute Gasteiger partial charge is 0.321 e. The lowest BCUT2D eigenvalue weighted by molar-refractivity contribution is -0.139. The number of hydrogen-bond acceptors (Lipinski definition) is 3. The molecular weight excluding hydrogens is 287 g/mol. The van der Waals surface area contributed by atoms with E-state index in [0.717, 1.165) is 0 Å². The molecule has 0 fully saturated rings. The van der Waals surface area contributed by atoms with Crippen LogP contribution in [0.2, 0.25) is 0 Å². The number of halogens is 3. The van der Waals surface area contributed by atoms with E-state index in [0.29, 0.717) is 0 Å². The second kappa shape index (κ2) is 5.57. The second-order valence-electron chi connectivity index (χ2n) is 3.62. The van der Waals surface area contributed by atoms with Gasteiger partial charge < -0.3 is 5.11 Å². The average Bonchev–Trinajstić information content (AvgIpc) is 2.23. The van der Waals surface area contributed by atoms with Crippen LogP contribution in [0.15, 0.2) is 17.0 Å². The van der Waals surface area contributed by atoms with Crippen molar-refractivity contribution in [2.45, 2.75) is 24.3 Å². The van der Waals surface area contributed by atoms with Crippen LogP contribution in [-0.2, 0) is 14.8 Å². The molecule has 1 aromatic carbocycles. The normalized spacial score (nSPS) is 13.3. The third-order valence-corrected chi connectivity index (χ3v) is 3.76. The number of carboxylic acids is 1. The molecule has 2 N–H and O–H groups in total. The van der Waals surface area contributed by atoms with Crippen LogP contribution < -0.4 is 4.72 Å². The third kappa shape index (κ3) is 3.44. The fraction of sp³-hybridized carbons (Fsp3) is 0.300. The van der Waals surface area contributed by atoms with E-state index in [1.165, 1.54) is 6.92 Å². The predicted molar refractivity (Wildman–Crippen MR) is 58.4 cm³/mol. The molecule has 0 aliphatic heterocycles. The van der Waals surface area contributed by atoms with Crippen molar-refractivity contribution in [3.05, 3.63) is 29.6 Å². The van der Waals surface area contributed by atoms with E-state index in [4.69, 9.17) is 5.11 Å². The number of hydrogen-bond donors (Lipinski definition) is 2. The standard InChI is InChI=1S/C10H10F3NO4S/c1-2-8(10(15)16)14-19(17,18)9-6(12)3-5(11)4-7(9)13/h3-4,8,14H,2H2,1H3,(H,15,16)/t8-/m0/s1. The SMILES string of the molecule is CC[C@H](NS(=O)(=O)c1c(F)cc(F)cc1F)C(=O)O. The molecular formula is C10H10F3NO4S. The quantitative estimate of drug-likeness (QED) is 0.856. The van der Waals surface area contributed by atoms with Crippen molar-refractivity contribution in [2.75, 3.05) is 0 Å². The van der Waals surface area contributed by atoms with Crippen LogP contribution in [0.4, 0.5) is 13.2 Å². The summed E-state index contributed by atoms with van der Waals surface area (Å²) >= 11 is 0. The number of aliphatic carboxylic acids is 1. The third-order valence-electron chi connectivity index (χ3n) is 2.24. The molecule has 1 rings (SSSR count). The first-order valence-electron chi connectivity index (χ1n) is 5.08. The van der Waals surface area contributed by atoms with Gasteiger partial charge in [0.1, 0.15) is 23.5 Å². The van der Waals surface area contributed by atoms with Gasteiger partial charge in [-0.15, -0.1) is 0 Å². The van der Waals surface area contributed by atoms with Gasteiger partial charge in [-0.25, -0.2) is 21.6 Å². The summed E-state index contributed by atoms with van der Waals surface area (Å²) < 4.78 is 64.3. The highest BCUT2D eigenvalue weighted by atomic mass is 32.2. The fourth-order valence-electron chi connectivity index (χ4n) is 1.34. The maximum atomic E-state index is 13.3.